The summed E-state index contributed by atoms with van der Waals surface area (Å²) in [5.41, 5.74) is 0.299. The van der Waals surface area contributed by atoms with Gasteiger partial charge in [0.05, 0.1) is 23.7 Å². The van der Waals surface area contributed by atoms with Gasteiger partial charge in [-0.15, -0.1) is 0 Å². The number of ether oxygens (including phenoxy) is 1. The third kappa shape index (κ3) is 2.89. The van der Waals surface area contributed by atoms with Gasteiger partial charge in [0.1, 0.15) is 5.75 Å². The van der Waals surface area contributed by atoms with Crippen LogP contribution in [0, 0.1) is 0 Å². The van der Waals surface area contributed by atoms with E-state index in [4.69, 9.17) is 4.74 Å². The molecule has 0 amide bonds. The summed E-state index contributed by atoms with van der Waals surface area (Å²) in [6.07, 6.45) is 0. The highest BCUT2D eigenvalue weighted by Gasteiger charge is 2.23. The van der Waals surface area contributed by atoms with E-state index in [9.17, 15) is 18.3 Å². The van der Waals surface area contributed by atoms with Crippen LogP contribution < -0.4 is 14.1 Å². The van der Waals surface area contributed by atoms with Crippen LogP contribution in [0.2, 0.25) is 0 Å². The van der Waals surface area contributed by atoms with E-state index >= 15 is 0 Å². The van der Waals surface area contributed by atoms with E-state index in [1.807, 2.05) is 0 Å². The van der Waals surface area contributed by atoms with Gasteiger partial charge in [0.25, 0.3) is 10.0 Å². The van der Waals surface area contributed by atoms with Crippen LogP contribution in [0.15, 0.2) is 53.4 Å². The van der Waals surface area contributed by atoms with Crippen molar-refractivity contribution in [2.24, 2.45) is 0 Å². The lowest BCUT2D eigenvalue weighted by atomic mass is 10.2. The number of para-hydroxylation sites is 2. The summed E-state index contributed by atoms with van der Waals surface area (Å²) in [6.45, 7) is 0. The zero-order valence-corrected chi connectivity index (χ0v) is 12.8. The Kier molecular flexibility index (Phi) is 4.37. The number of aromatic carboxylic acids is 1. The maximum atomic E-state index is 12.6. The van der Waals surface area contributed by atoms with E-state index in [-0.39, 0.29) is 10.5 Å². The van der Waals surface area contributed by atoms with Gasteiger partial charge in [-0.1, -0.05) is 24.3 Å². The Morgan fingerprint density at radius 1 is 1.09 bits per heavy atom. The molecule has 0 aromatic heterocycles. The number of sulfonamides is 1. The van der Waals surface area contributed by atoms with E-state index in [1.54, 1.807) is 24.3 Å². The summed E-state index contributed by atoms with van der Waals surface area (Å²) in [5.74, 6) is -0.943. The fourth-order valence-corrected chi connectivity index (χ4v) is 3.15. The number of carbonyl (C=O) groups is 1. The molecule has 7 heteroatoms. The number of benzene rings is 2. The highest BCUT2D eigenvalue weighted by molar-refractivity contribution is 7.92. The van der Waals surface area contributed by atoms with E-state index in [0.717, 1.165) is 4.31 Å². The maximum Gasteiger partial charge on any atom is 0.264 e. The Hall–Kier alpha value is -2.54. The highest BCUT2D eigenvalue weighted by Crippen LogP contribution is 2.30. The number of carbonyl (C=O) groups excluding carboxylic acids is 1. The Balaban J connectivity index is 2.43. The van der Waals surface area contributed by atoms with E-state index in [0.29, 0.717) is 11.4 Å². The molecule has 0 saturated heterocycles. The molecule has 2 rings (SSSR count). The van der Waals surface area contributed by atoms with Gasteiger partial charge in [0.2, 0.25) is 0 Å². The Labute approximate surface area is 128 Å². The molecule has 0 spiro atoms. The average Bonchev–Trinajstić information content (AvgIpc) is 2.54. The SMILES string of the molecule is COc1ccccc1N(C)S(=O)(=O)c1ccc(C(=O)[O-])cc1. The normalized spacial score (nSPS) is 11.0. The first-order valence-corrected chi connectivity index (χ1v) is 7.75. The molecule has 22 heavy (non-hydrogen) atoms. The highest BCUT2D eigenvalue weighted by atomic mass is 32.2. The number of nitrogens with zero attached hydrogens (tertiary/aromatic N) is 1. The number of carboxylic acids is 1. The predicted molar refractivity (Wildman–Crippen MR) is 79.4 cm³/mol. The largest absolute Gasteiger partial charge is 0.545 e. The fraction of sp³-hybridized carbons (Fsp3) is 0.133. The molecule has 0 bridgehead atoms. The number of carboxylic acid groups (broad SMARTS) is 1. The smallest absolute Gasteiger partial charge is 0.264 e. The summed E-state index contributed by atoms with van der Waals surface area (Å²) in [7, 11) is -0.972. The first-order chi connectivity index (χ1) is 10.4. The lowest BCUT2D eigenvalue weighted by Gasteiger charge is -2.21. The van der Waals surface area contributed by atoms with Crippen LogP contribution in [-0.4, -0.2) is 28.5 Å². The maximum absolute atomic E-state index is 12.6. The number of hydrogen-bond donors (Lipinski definition) is 0. The molecule has 6 nitrogen and oxygen atoms in total. The molecular weight excluding hydrogens is 306 g/mol. The molecular formula is C15H14NO5S-. The van der Waals surface area contributed by atoms with Gasteiger partial charge in [0, 0.05) is 7.05 Å². The number of rotatable bonds is 5. The van der Waals surface area contributed by atoms with Crippen LogP contribution in [0.3, 0.4) is 0 Å². The van der Waals surface area contributed by atoms with Gasteiger partial charge in [-0.3, -0.25) is 4.31 Å². The first kappa shape index (κ1) is 15.8. The summed E-state index contributed by atoms with van der Waals surface area (Å²) in [4.78, 5) is 10.7. The third-order valence-corrected chi connectivity index (χ3v) is 4.96. The fourth-order valence-electron chi connectivity index (χ4n) is 1.94. The standard InChI is InChI=1S/C15H15NO5S/c1-16(13-5-3-4-6-14(13)21-2)22(19,20)12-9-7-11(8-10-12)15(17)18/h3-10H,1-2H3,(H,17,18)/p-1. The molecule has 0 N–H and O–H groups in total. The van der Waals surface area contributed by atoms with Crippen molar-refractivity contribution in [3.63, 3.8) is 0 Å². The topological polar surface area (TPSA) is 86.7 Å². The van der Waals surface area contributed by atoms with Crippen LogP contribution in [0.4, 0.5) is 5.69 Å². The van der Waals surface area contributed by atoms with Crippen molar-refractivity contribution in [1.82, 2.24) is 0 Å². The lowest BCUT2D eigenvalue weighted by molar-refractivity contribution is -0.255. The van der Waals surface area contributed by atoms with Gasteiger partial charge in [-0.25, -0.2) is 8.42 Å². The van der Waals surface area contributed by atoms with Crippen LogP contribution >= 0.6 is 0 Å². The number of anilines is 1. The summed E-state index contributed by atoms with van der Waals surface area (Å²) in [6, 6.07) is 11.5. The van der Waals surface area contributed by atoms with Crippen molar-refractivity contribution in [3.8, 4) is 5.75 Å². The zero-order chi connectivity index (χ0) is 16.3. The average molecular weight is 320 g/mol. The van der Waals surface area contributed by atoms with Gasteiger partial charge >= 0.3 is 0 Å². The van der Waals surface area contributed by atoms with Gasteiger partial charge in [-0.2, -0.15) is 0 Å². The second-order valence-corrected chi connectivity index (χ2v) is 6.43. The van der Waals surface area contributed by atoms with Crippen LogP contribution in [-0.2, 0) is 10.0 Å². The van der Waals surface area contributed by atoms with Gasteiger partial charge in [0.15, 0.2) is 0 Å². The molecule has 0 saturated carbocycles. The number of methoxy groups -OCH3 is 1. The molecule has 0 aliphatic carbocycles. The molecule has 116 valence electrons. The molecule has 2 aromatic rings. The molecule has 0 aliphatic rings. The Bertz CT molecular complexity index is 784. The quantitative estimate of drug-likeness (QED) is 0.816. The molecule has 0 aliphatic heterocycles. The Morgan fingerprint density at radius 2 is 1.68 bits per heavy atom. The van der Waals surface area contributed by atoms with E-state index in [1.165, 1.54) is 38.4 Å². The van der Waals surface area contributed by atoms with Crippen LogP contribution in [0.1, 0.15) is 10.4 Å². The Morgan fingerprint density at radius 3 is 2.23 bits per heavy atom. The monoisotopic (exact) mass is 320 g/mol. The lowest BCUT2D eigenvalue weighted by Crippen LogP contribution is -2.27. The molecule has 0 unspecified atom stereocenters. The third-order valence-electron chi connectivity index (χ3n) is 3.17. The minimum Gasteiger partial charge on any atom is -0.545 e. The van der Waals surface area contributed by atoms with Crippen molar-refractivity contribution in [1.29, 1.82) is 0 Å². The zero-order valence-electron chi connectivity index (χ0n) is 12.0. The predicted octanol–water partition coefficient (Wildman–Crippen LogP) is 0.884. The summed E-state index contributed by atoms with van der Waals surface area (Å²) < 4.78 is 31.4. The van der Waals surface area contributed by atoms with E-state index in [2.05, 4.69) is 0 Å². The number of hydrogen-bond acceptors (Lipinski definition) is 5. The van der Waals surface area contributed by atoms with E-state index < -0.39 is 16.0 Å². The van der Waals surface area contributed by atoms with Crippen molar-refractivity contribution in [2.45, 2.75) is 4.90 Å². The van der Waals surface area contributed by atoms with Crippen molar-refractivity contribution >= 4 is 21.7 Å². The van der Waals surface area contributed by atoms with Crippen LogP contribution in [0.25, 0.3) is 0 Å². The second-order valence-electron chi connectivity index (χ2n) is 4.46. The van der Waals surface area contributed by atoms with Crippen molar-refractivity contribution < 1.29 is 23.1 Å². The summed E-state index contributed by atoms with van der Waals surface area (Å²) in [5, 5.41) is 10.7. The molecule has 0 fully saturated rings. The first-order valence-electron chi connectivity index (χ1n) is 6.31. The molecule has 0 heterocycles. The molecule has 2 aromatic carbocycles. The molecule has 0 radical (unpaired) electrons. The minimum absolute atomic E-state index is 0.0223. The van der Waals surface area contributed by atoms with Gasteiger partial charge in [-0.05, 0) is 29.8 Å². The minimum atomic E-state index is -3.83. The second kappa shape index (κ2) is 6.07. The van der Waals surface area contributed by atoms with Gasteiger partial charge < -0.3 is 14.6 Å². The molecule has 0 atom stereocenters. The van der Waals surface area contributed by atoms with Crippen LogP contribution in [0.5, 0.6) is 5.75 Å². The van der Waals surface area contributed by atoms with Crippen molar-refractivity contribution in [2.75, 3.05) is 18.5 Å². The van der Waals surface area contributed by atoms with Crippen molar-refractivity contribution in [3.05, 3.63) is 54.1 Å². The summed E-state index contributed by atoms with van der Waals surface area (Å²) >= 11 is 0.